The average Bonchev–Trinajstić information content (AvgIpc) is 2.71. The highest BCUT2D eigenvalue weighted by Crippen LogP contribution is 2.17. The van der Waals surface area contributed by atoms with Crippen LogP contribution in [0.1, 0.15) is 21.6 Å². The first-order valence-corrected chi connectivity index (χ1v) is 9.24. The molecule has 1 heterocycles. The molecule has 0 saturated heterocycles. The minimum Gasteiger partial charge on any atom is -0.505 e. The smallest absolute Gasteiger partial charge is 0.393 e. The summed E-state index contributed by atoms with van der Waals surface area (Å²) in [5.74, 6) is -1.13. The van der Waals surface area contributed by atoms with Crippen LogP contribution in [0.15, 0.2) is 66.9 Å². The molecule has 0 unspecified atom stereocenters. The van der Waals surface area contributed by atoms with Crippen molar-refractivity contribution >= 4 is 29.9 Å². The molecule has 1 aromatic heterocycles. The van der Waals surface area contributed by atoms with Gasteiger partial charge in [0, 0.05) is 11.2 Å². The fourth-order valence-electron chi connectivity index (χ4n) is 2.72. The number of halogens is 1. The minimum atomic E-state index is -0.860. The molecular weight excluding hydrogens is 376 g/mol. The van der Waals surface area contributed by atoms with Gasteiger partial charge < -0.3 is 9.99 Å². The summed E-state index contributed by atoms with van der Waals surface area (Å²) in [6.07, 6.45) is 2.69. The van der Waals surface area contributed by atoms with E-state index in [-0.39, 0.29) is 11.4 Å². The van der Waals surface area contributed by atoms with E-state index in [0.717, 1.165) is 23.0 Å². The number of benzene rings is 2. The summed E-state index contributed by atoms with van der Waals surface area (Å²) >= 11 is 6.25. The van der Waals surface area contributed by atoms with Crippen LogP contribution in [0, 0.1) is 6.92 Å². The number of carbonyl (C=O) groups is 1. The first kappa shape index (κ1) is 19.9. The molecule has 0 amide bonds. The van der Waals surface area contributed by atoms with E-state index in [1.165, 1.54) is 18.3 Å². The third-order valence-electron chi connectivity index (χ3n) is 4.33. The third-order valence-corrected chi connectivity index (χ3v) is 4.73. The Bertz CT molecular complexity index is 952. The van der Waals surface area contributed by atoms with Gasteiger partial charge in [0.15, 0.2) is 5.69 Å². The molecule has 7 heteroatoms. The molecule has 5 nitrogen and oxygen atoms in total. The van der Waals surface area contributed by atoms with Crippen molar-refractivity contribution in [3.8, 4) is 5.75 Å². The van der Waals surface area contributed by atoms with E-state index in [0.29, 0.717) is 11.3 Å². The molecule has 3 aromatic rings. The van der Waals surface area contributed by atoms with Crippen molar-refractivity contribution in [3.05, 3.63) is 88.7 Å². The first-order chi connectivity index (χ1) is 13.5. The van der Waals surface area contributed by atoms with Crippen LogP contribution in [0.5, 0.6) is 5.75 Å². The van der Waals surface area contributed by atoms with Crippen molar-refractivity contribution in [2.24, 2.45) is 0 Å². The summed E-state index contributed by atoms with van der Waals surface area (Å²) in [6.45, 7) is 1.39. The minimum absolute atomic E-state index is 0.203. The van der Waals surface area contributed by atoms with Gasteiger partial charge in [0.1, 0.15) is 5.75 Å². The molecule has 28 heavy (non-hydrogen) atoms. The van der Waals surface area contributed by atoms with Crippen LogP contribution in [0.3, 0.4) is 0 Å². The van der Waals surface area contributed by atoms with Crippen LogP contribution < -0.4 is 5.46 Å². The summed E-state index contributed by atoms with van der Waals surface area (Å²) in [7, 11) is 0. The maximum absolute atomic E-state index is 12.2. The number of nitrogens with zero attached hydrogens (tertiary/aromatic N) is 1. The SMILES string of the molecule is Cc1ccc(B(CCc2ccccc2)OOC(=O)c2ncccc2O)cc1Cl. The summed E-state index contributed by atoms with van der Waals surface area (Å²) in [4.78, 5) is 26.5. The molecule has 3 rings (SSSR count). The molecule has 0 aliphatic carbocycles. The van der Waals surface area contributed by atoms with E-state index in [1.54, 1.807) is 6.07 Å². The lowest BCUT2D eigenvalue weighted by Crippen LogP contribution is -2.35. The van der Waals surface area contributed by atoms with Crippen LogP contribution in [0.2, 0.25) is 11.3 Å². The predicted octanol–water partition coefficient (Wildman–Crippen LogP) is 3.98. The lowest BCUT2D eigenvalue weighted by atomic mass is 9.57. The Kier molecular flexibility index (Phi) is 6.69. The Morgan fingerprint density at radius 2 is 1.93 bits per heavy atom. The standard InChI is InChI=1S/C21H19BClNO4/c1-15-9-10-17(14-18(15)23)22(12-11-16-6-3-2-4-7-16)28-27-21(26)20-19(25)8-5-13-24-20/h2-10,13-14,25H,11-12H2,1H3. The number of pyridine rings is 1. The monoisotopic (exact) mass is 395 g/mol. The number of aromatic hydroxyl groups is 1. The van der Waals surface area contributed by atoms with Gasteiger partial charge in [-0.05, 0) is 54.5 Å². The maximum Gasteiger partial charge on any atom is 0.393 e. The van der Waals surface area contributed by atoms with Crippen LogP contribution in [0.25, 0.3) is 0 Å². The number of carbonyl (C=O) groups excluding carboxylic acids is 1. The molecule has 0 saturated carbocycles. The molecule has 0 aliphatic heterocycles. The van der Waals surface area contributed by atoms with Crippen molar-refractivity contribution in [3.63, 3.8) is 0 Å². The fraction of sp³-hybridized carbons (Fsp3) is 0.143. The zero-order valence-corrected chi connectivity index (χ0v) is 16.1. The van der Waals surface area contributed by atoms with Gasteiger partial charge in [0.2, 0.25) is 0 Å². The van der Waals surface area contributed by atoms with Crippen LogP contribution in [-0.2, 0) is 16.1 Å². The second-order valence-electron chi connectivity index (χ2n) is 6.36. The second kappa shape index (κ2) is 9.40. The number of hydrogen-bond acceptors (Lipinski definition) is 5. The van der Waals surface area contributed by atoms with Gasteiger partial charge in [-0.2, -0.15) is 0 Å². The molecule has 0 fully saturated rings. The summed E-state index contributed by atoms with van der Waals surface area (Å²) in [5, 5.41) is 10.4. The van der Waals surface area contributed by atoms with Crippen molar-refractivity contribution in [1.82, 2.24) is 4.98 Å². The van der Waals surface area contributed by atoms with Crippen molar-refractivity contribution in [1.29, 1.82) is 0 Å². The van der Waals surface area contributed by atoms with E-state index >= 15 is 0 Å². The molecule has 0 radical (unpaired) electrons. The zero-order valence-electron chi connectivity index (χ0n) is 15.3. The van der Waals surface area contributed by atoms with Gasteiger partial charge >= 0.3 is 12.9 Å². The number of hydrogen-bond donors (Lipinski definition) is 1. The largest absolute Gasteiger partial charge is 0.505 e. The topological polar surface area (TPSA) is 68.7 Å². The quantitative estimate of drug-likeness (QED) is 0.372. The zero-order chi connectivity index (χ0) is 19.9. The highest BCUT2D eigenvalue weighted by molar-refractivity contribution is 6.67. The normalized spacial score (nSPS) is 10.5. The fourth-order valence-corrected chi connectivity index (χ4v) is 2.91. The molecule has 0 bridgehead atoms. The highest BCUT2D eigenvalue weighted by atomic mass is 35.5. The molecule has 2 aromatic carbocycles. The molecule has 1 N–H and O–H groups in total. The van der Waals surface area contributed by atoms with E-state index in [9.17, 15) is 9.90 Å². The van der Waals surface area contributed by atoms with Crippen LogP contribution in [0.4, 0.5) is 0 Å². The summed E-state index contributed by atoms with van der Waals surface area (Å²) < 4.78 is 0. The first-order valence-electron chi connectivity index (χ1n) is 8.86. The Morgan fingerprint density at radius 3 is 2.64 bits per heavy atom. The summed E-state index contributed by atoms with van der Waals surface area (Å²) in [6, 6.07) is 18.4. The maximum atomic E-state index is 12.2. The highest BCUT2D eigenvalue weighted by Gasteiger charge is 2.25. The van der Waals surface area contributed by atoms with Gasteiger partial charge in [-0.25, -0.2) is 14.6 Å². The van der Waals surface area contributed by atoms with Crippen molar-refractivity contribution < 1.29 is 19.6 Å². The molecule has 0 atom stereocenters. The number of rotatable bonds is 7. The van der Waals surface area contributed by atoms with Crippen molar-refractivity contribution in [2.45, 2.75) is 19.7 Å². The lowest BCUT2D eigenvalue weighted by Gasteiger charge is -2.14. The van der Waals surface area contributed by atoms with Crippen molar-refractivity contribution in [2.75, 3.05) is 0 Å². The van der Waals surface area contributed by atoms with Gasteiger partial charge in [0.25, 0.3) is 0 Å². The van der Waals surface area contributed by atoms with Crippen LogP contribution >= 0.6 is 11.6 Å². The van der Waals surface area contributed by atoms with Gasteiger partial charge in [-0.3, -0.25) is 0 Å². The summed E-state index contributed by atoms with van der Waals surface area (Å²) in [5.41, 5.74) is 2.68. The van der Waals surface area contributed by atoms with Crippen LogP contribution in [-0.4, -0.2) is 23.0 Å². The average molecular weight is 396 g/mol. The molecule has 142 valence electrons. The lowest BCUT2D eigenvalue weighted by molar-refractivity contribution is -0.154. The molecule has 0 aliphatic rings. The second-order valence-corrected chi connectivity index (χ2v) is 6.77. The van der Waals surface area contributed by atoms with Gasteiger partial charge in [0.05, 0.1) is 0 Å². The van der Waals surface area contributed by atoms with Gasteiger partial charge in [-0.1, -0.05) is 54.1 Å². The van der Waals surface area contributed by atoms with E-state index in [2.05, 4.69) is 4.98 Å². The van der Waals surface area contributed by atoms with E-state index in [4.69, 9.17) is 21.3 Å². The van der Waals surface area contributed by atoms with E-state index < -0.39 is 12.9 Å². The van der Waals surface area contributed by atoms with E-state index in [1.807, 2.05) is 49.4 Å². The predicted molar refractivity (Wildman–Crippen MR) is 109 cm³/mol. The molecule has 0 spiro atoms. The number of aryl methyl sites for hydroxylation is 2. The molecular formula is C21H19BClNO4. The number of aromatic nitrogens is 1. The Balaban J connectivity index is 1.74. The third kappa shape index (κ3) is 5.12. The van der Waals surface area contributed by atoms with Gasteiger partial charge in [-0.15, -0.1) is 0 Å². The Hall–Kier alpha value is -2.83. The Labute approximate surface area is 168 Å². The Morgan fingerprint density at radius 1 is 1.14 bits per heavy atom.